The Labute approximate surface area is 107 Å². The molecular formula is C11H15Cl2NO2. The van der Waals surface area contributed by atoms with Gasteiger partial charge in [0.25, 0.3) is 0 Å². The summed E-state index contributed by atoms with van der Waals surface area (Å²) in [4.78, 5) is 10.1. The Balaban J connectivity index is 0.00000225. The van der Waals surface area contributed by atoms with Gasteiger partial charge in [-0.2, -0.15) is 0 Å². The molecule has 1 rings (SSSR count). The Morgan fingerprint density at radius 1 is 1.38 bits per heavy atom. The van der Waals surface area contributed by atoms with Crippen molar-refractivity contribution in [3.63, 3.8) is 0 Å². The summed E-state index contributed by atoms with van der Waals surface area (Å²) in [5, 5.41) is 2.98. The van der Waals surface area contributed by atoms with Gasteiger partial charge in [0.2, 0.25) is 0 Å². The van der Waals surface area contributed by atoms with Crippen LogP contribution in [0.1, 0.15) is 19.4 Å². The largest absolute Gasteiger partial charge is 0.427 e. The number of benzene rings is 1. The van der Waals surface area contributed by atoms with Crippen LogP contribution in [0.3, 0.4) is 0 Å². The van der Waals surface area contributed by atoms with Gasteiger partial charge in [-0.1, -0.05) is 23.7 Å². The van der Waals surface area contributed by atoms with Crippen molar-refractivity contribution < 1.29 is 9.53 Å². The van der Waals surface area contributed by atoms with Crippen LogP contribution in [0.2, 0.25) is 0 Å². The average molecular weight is 264 g/mol. The van der Waals surface area contributed by atoms with E-state index in [0.717, 1.165) is 5.56 Å². The molecule has 0 saturated heterocycles. The molecule has 0 aromatic heterocycles. The lowest BCUT2D eigenvalue weighted by atomic mass is 10.1. The summed E-state index contributed by atoms with van der Waals surface area (Å²) in [5.41, 5.74) is 0.919. The lowest BCUT2D eigenvalue weighted by molar-refractivity contribution is -0.131. The molecule has 0 saturated carbocycles. The molecule has 0 aliphatic rings. The minimum absolute atomic E-state index is 0. The number of nitrogens with one attached hydrogen (secondary N) is 1. The van der Waals surface area contributed by atoms with Crippen LogP contribution in [0, 0.1) is 0 Å². The molecule has 0 aliphatic carbocycles. The maximum absolute atomic E-state index is 10.7. The van der Waals surface area contributed by atoms with Gasteiger partial charge < -0.3 is 4.74 Å². The molecule has 1 atom stereocenters. The van der Waals surface area contributed by atoms with E-state index in [1.165, 1.54) is 6.92 Å². The normalized spacial score (nSPS) is 13.5. The SMILES string of the molecule is CNC(C)(Cl)c1ccc(OC(C)=O)cc1.Cl. The van der Waals surface area contributed by atoms with E-state index in [1.807, 2.05) is 19.1 Å². The summed E-state index contributed by atoms with van der Waals surface area (Å²) in [7, 11) is 1.78. The van der Waals surface area contributed by atoms with Crippen molar-refractivity contribution in [2.75, 3.05) is 7.05 Å². The third kappa shape index (κ3) is 4.00. The molecule has 16 heavy (non-hydrogen) atoms. The van der Waals surface area contributed by atoms with Crippen LogP contribution in [0.25, 0.3) is 0 Å². The second-order valence-corrected chi connectivity index (χ2v) is 4.13. The van der Waals surface area contributed by atoms with Crippen LogP contribution >= 0.6 is 24.0 Å². The minimum Gasteiger partial charge on any atom is -0.427 e. The van der Waals surface area contributed by atoms with Gasteiger partial charge in [0.15, 0.2) is 0 Å². The second kappa shape index (κ2) is 6.09. The van der Waals surface area contributed by atoms with Crippen molar-refractivity contribution in [2.45, 2.75) is 18.8 Å². The summed E-state index contributed by atoms with van der Waals surface area (Å²) in [6.45, 7) is 3.22. The van der Waals surface area contributed by atoms with Crippen molar-refractivity contribution in [3.8, 4) is 5.75 Å². The highest BCUT2D eigenvalue weighted by Gasteiger charge is 2.20. The van der Waals surface area contributed by atoms with Crippen molar-refractivity contribution in [3.05, 3.63) is 29.8 Å². The molecule has 0 radical (unpaired) electrons. The summed E-state index contributed by atoms with van der Waals surface area (Å²) in [6, 6.07) is 7.08. The van der Waals surface area contributed by atoms with Gasteiger partial charge in [-0.25, -0.2) is 0 Å². The topological polar surface area (TPSA) is 38.3 Å². The number of carbonyl (C=O) groups excluding carboxylic acids is 1. The first-order valence-electron chi connectivity index (χ1n) is 4.62. The fourth-order valence-corrected chi connectivity index (χ4v) is 1.27. The Morgan fingerprint density at radius 2 is 1.88 bits per heavy atom. The van der Waals surface area contributed by atoms with Crippen molar-refractivity contribution >= 4 is 30.0 Å². The number of esters is 1. The molecule has 1 aromatic carbocycles. The second-order valence-electron chi connectivity index (χ2n) is 3.37. The lowest BCUT2D eigenvalue weighted by Crippen LogP contribution is -2.30. The molecule has 0 fully saturated rings. The minimum atomic E-state index is -0.602. The maximum atomic E-state index is 10.7. The zero-order valence-electron chi connectivity index (χ0n) is 9.41. The third-order valence-corrected chi connectivity index (χ3v) is 2.53. The van der Waals surface area contributed by atoms with Crippen LogP contribution in [-0.2, 0) is 9.79 Å². The monoisotopic (exact) mass is 263 g/mol. The van der Waals surface area contributed by atoms with Crippen LogP contribution in [0.15, 0.2) is 24.3 Å². The van der Waals surface area contributed by atoms with E-state index >= 15 is 0 Å². The first-order chi connectivity index (χ1) is 6.95. The Bertz CT molecular complexity index is 350. The lowest BCUT2D eigenvalue weighted by Gasteiger charge is -2.21. The molecule has 3 nitrogen and oxygen atoms in total. The zero-order valence-corrected chi connectivity index (χ0v) is 11.0. The van der Waals surface area contributed by atoms with Gasteiger partial charge in [0.1, 0.15) is 10.7 Å². The standard InChI is InChI=1S/C11H14ClNO2.ClH/c1-8(14)15-10-6-4-9(5-7-10)11(2,12)13-3;/h4-7,13H,1-3H3;1H. The average Bonchev–Trinajstić information content (AvgIpc) is 2.18. The van der Waals surface area contributed by atoms with Gasteiger partial charge in [-0.15, -0.1) is 12.4 Å². The van der Waals surface area contributed by atoms with E-state index in [-0.39, 0.29) is 18.4 Å². The van der Waals surface area contributed by atoms with Gasteiger partial charge in [0.05, 0.1) is 0 Å². The number of rotatable bonds is 3. The van der Waals surface area contributed by atoms with Crippen LogP contribution in [0.5, 0.6) is 5.75 Å². The summed E-state index contributed by atoms with van der Waals surface area (Å²) in [5.74, 6) is 0.194. The summed E-state index contributed by atoms with van der Waals surface area (Å²) in [6.07, 6.45) is 0. The Kier molecular flexibility index (Phi) is 5.79. The van der Waals surface area contributed by atoms with E-state index < -0.39 is 5.00 Å². The van der Waals surface area contributed by atoms with Gasteiger partial charge in [-0.05, 0) is 31.7 Å². The molecular weight excluding hydrogens is 249 g/mol. The molecule has 5 heteroatoms. The molecule has 1 N–H and O–H groups in total. The molecule has 0 amide bonds. The molecule has 0 heterocycles. The number of alkyl halides is 1. The number of halogens is 2. The number of hydrogen-bond acceptors (Lipinski definition) is 3. The van der Waals surface area contributed by atoms with Gasteiger partial charge in [-0.3, -0.25) is 10.1 Å². The van der Waals surface area contributed by atoms with Crippen molar-refractivity contribution in [1.82, 2.24) is 5.32 Å². The zero-order chi connectivity index (χ0) is 11.5. The fraction of sp³-hybridized carbons (Fsp3) is 0.364. The predicted molar refractivity (Wildman–Crippen MR) is 67.3 cm³/mol. The van der Waals surface area contributed by atoms with Crippen molar-refractivity contribution in [1.29, 1.82) is 0 Å². The third-order valence-electron chi connectivity index (χ3n) is 2.13. The van der Waals surface area contributed by atoms with Crippen LogP contribution in [0.4, 0.5) is 0 Å². The highest BCUT2D eigenvalue weighted by molar-refractivity contribution is 6.23. The fourth-order valence-electron chi connectivity index (χ4n) is 1.15. The molecule has 90 valence electrons. The smallest absolute Gasteiger partial charge is 0.308 e. The van der Waals surface area contributed by atoms with Gasteiger partial charge in [0, 0.05) is 6.92 Å². The van der Waals surface area contributed by atoms with E-state index in [1.54, 1.807) is 19.2 Å². The maximum Gasteiger partial charge on any atom is 0.308 e. The van der Waals surface area contributed by atoms with Crippen molar-refractivity contribution in [2.24, 2.45) is 0 Å². The predicted octanol–water partition coefficient (Wildman–Crippen LogP) is 2.66. The van der Waals surface area contributed by atoms with Crippen LogP contribution < -0.4 is 10.1 Å². The molecule has 1 unspecified atom stereocenters. The number of hydrogen-bond donors (Lipinski definition) is 1. The van der Waals surface area contributed by atoms with E-state index in [2.05, 4.69) is 5.32 Å². The number of ether oxygens (including phenoxy) is 1. The first kappa shape index (κ1) is 15.2. The van der Waals surface area contributed by atoms with Gasteiger partial charge >= 0.3 is 5.97 Å². The summed E-state index contributed by atoms with van der Waals surface area (Å²) >= 11 is 6.19. The quantitative estimate of drug-likeness (QED) is 0.395. The van der Waals surface area contributed by atoms with E-state index in [0.29, 0.717) is 5.75 Å². The number of carbonyl (C=O) groups is 1. The van der Waals surface area contributed by atoms with E-state index in [4.69, 9.17) is 16.3 Å². The highest BCUT2D eigenvalue weighted by Crippen LogP contribution is 2.26. The van der Waals surface area contributed by atoms with Crippen LogP contribution in [-0.4, -0.2) is 13.0 Å². The molecule has 0 aliphatic heterocycles. The van der Waals surface area contributed by atoms with E-state index in [9.17, 15) is 4.79 Å². The Hall–Kier alpha value is -0.770. The summed E-state index contributed by atoms with van der Waals surface area (Å²) < 4.78 is 4.91. The molecule has 1 aromatic rings. The first-order valence-corrected chi connectivity index (χ1v) is 5.00. The highest BCUT2D eigenvalue weighted by atomic mass is 35.5. The molecule has 0 bridgehead atoms. The Morgan fingerprint density at radius 3 is 2.25 bits per heavy atom. The molecule has 0 spiro atoms.